The largest absolute Gasteiger partial charge is 0.331 e. The predicted octanol–water partition coefficient (Wildman–Crippen LogP) is 4.04. The number of pyridine rings is 1. The van der Waals surface area contributed by atoms with Crippen molar-refractivity contribution in [3.63, 3.8) is 0 Å². The first-order valence-corrected chi connectivity index (χ1v) is 7.75. The molecule has 5 nitrogen and oxygen atoms in total. The normalized spacial score (nSPS) is 10.1. The molecule has 23 heavy (non-hydrogen) atoms. The lowest BCUT2D eigenvalue weighted by molar-refractivity contribution is 0.104. The Kier molecular flexibility index (Phi) is 4.33. The Balaban J connectivity index is 1.82. The number of thiazole rings is 1. The van der Waals surface area contributed by atoms with E-state index in [-0.39, 0.29) is 5.78 Å². The van der Waals surface area contributed by atoms with E-state index in [4.69, 9.17) is 16.9 Å². The number of ketones is 1. The van der Waals surface area contributed by atoms with E-state index < -0.39 is 0 Å². The van der Waals surface area contributed by atoms with Crippen LogP contribution in [0.3, 0.4) is 0 Å². The van der Waals surface area contributed by atoms with Crippen LogP contribution in [0.4, 0.5) is 10.8 Å². The van der Waals surface area contributed by atoms with Gasteiger partial charge >= 0.3 is 0 Å². The summed E-state index contributed by atoms with van der Waals surface area (Å²) in [7, 11) is 0. The molecule has 0 saturated heterocycles. The van der Waals surface area contributed by atoms with Crippen molar-refractivity contribution in [2.24, 2.45) is 0 Å². The SMILES string of the molecule is N#Cc1cc(Nc2ncc(C(=O)c3ccccc3Cl)s2)ccn1. The van der Waals surface area contributed by atoms with Gasteiger partial charge in [0.2, 0.25) is 5.78 Å². The van der Waals surface area contributed by atoms with Gasteiger partial charge in [0.15, 0.2) is 5.13 Å². The highest BCUT2D eigenvalue weighted by Crippen LogP contribution is 2.26. The van der Waals surface area contributed by atoms with E-state index in [1.807, 2.05) is 6.07 Å². The van der Waals surface area contributed by atoms with Crippen molar-refractivity contribution < 1.29 is 4.79 Å². The number of nitrogens with zero attached hydrogens (tertiary/aromatic N) is 3. The topological polar surface area (TPSA) is 78.7 Å². The number of carbonyl (C=O) groups excluding carboxylic acids is 1. The molecule has 2 aromatic heterocycles. The van der Waals surface area contributed by atoms with E-state index in [0.717, 1.165) is 0 Å². The molecule has 0 unspecified atom stereocenters. The number of benzene rings is 1. The highest BCUT2D eigenvalue weighted by molar-refractivity contribution is 7.17. The molecule has 0 amide bonds. The number of nitriles is 1. The molecule has 0 aliphatic heterocycles. The molecule has 0 spiro atoms. The van der Waals surface area contributed by atoms with Crippen LogP contribution in [0.2, 0.25) is 5.02 Å². The molecule has 0 bridgehead atoms. The zero-order chi connectivity index (χ0) is 16.2. The molecule has 3 aromatic rings. The van der Waals surface area contributed by atoms with E-state index in [1.54, 1.807) is 36.4 Å². The van der Waals surface area contributed by atoms with Crippen molar-refractivity contribution in [2.45, 2.75) is 0 Å². The third kappa shape index (κ3) is 3.37. The summed E-state index contributed by atoms with van der Waals surface area (Å²) in [5.41, 5.74) is 1.43. The Bertz CT molecular complexity index is 916. The van der Waals surface area contributed by atoms with Crippen molar-refractivity contribution in [2.75, 3.05) is 5.32 Å². The van der Waals surface area contributed by atoms with E-state index in [2.05, 4.69) is 15.3 Å². The number of nitrogens with one attached hydrogen (secondary N) is 1. The van der Waals surface area contributed by atoms with Crippen LogP contribution in [-0.2, 0) is 0 Å². The maximum Gasteiger partial charge on any atom is 0.206 e. The zero-order valence-corrected chi connectivity index (χ0v) is 13.2. The standard InChI is InChI=1S/C16H9ClN4OS/c17-13-4-2-1-3-12(13)15(22)14-9-20-16(23-14)21-10-5-6-19-11(7-10)8-18/h1-7,9H,(H,19,20,21). The van der Waals surface area contributed by atoms with Crippen molar-refractivity contribution in [1.29, 1.82) is 5.26 Å². The van der Waals surface area contributed by atoms with Crippen molar-refractivity contribution in [3.8, 4) is 6.07 Å². The van der Waals surface area contributed by atoms with Crippen LogP contribution < -0.4 is 5.32 Å². The van der Waals surface area contributed by atoms with E-state index in [1.165, 1.54) is 23.7 Å². The van der Waals surface area contributed by atoms with Crippen molar-refractivity contribution >= 4 is 39.5 Å². The Morgan fingerprint density at radius 1 is 1.26 bits per heavy atom. The zero-order valence-electron chi connectivity index (χ0n) is 11.7. The summed E-state index contributed by atoms with van der Waals surface area (Å²) in [5.74, 6) is -0.173. The molecular formula is C16H9ClN4OS. The lowest BCUT2D eigenvalue weighted by Crippen LogP contribution is -1.99. The monoisotopic (exact) mass is 340 g/mol. The molecule has 3 rings (SSSR count). The van der Waals surface area contributed by atoms with Crippen molar-refractivity contribution in [1.82, 2.24) is 9.97 Å². The average molecular weight is 341 g/mol. The summed E-state index contributed by atoms with van der Waals surface area (Å²) < 4.78 is 0. The van der Waals surface area contributed by atoms with E-state index >= 15 is 0 Å². The fourth-order valence-corrected chi connectivity index (χ4v) is 2.92. The smallest absolute Gasteiger partial charge is 0.206 e. The summed E-state index contributed by atoms with van der Waals surface area (Å²) in [4.78, 5) is 21.0. The third-order valence-electron chi connectivity index (χ3n) is 2.97. The molecule has 2 heterocycles. The lowest BCUT2D eigenvalue weighted by atomic mass is 10.1. The van der Waals surface area contributed by atoms with Gasteiger partial charge in [0, 0.05) is 17.4 Å². The summed E-state index contributed by atoms with van der Waals surface area (Å²) in [6.07, 6.45) is 3.04. The molecule has 0 radical (unpaired) electrons. The number of carbonyl (C=O) groups is 1. The Labute approximate surface area is 141 Å². The first-order chi connectivity index (χ1) is 11.2. The van der Waals surface area contributed by atoms with E-state index in [0.29, 0.717) is 32.0 Å². The highest BCUT2D eigenvalue weighted by Gasteiger charge is 2.15. The molecule has 0 aliphatic rings. The first-order valence-electron chi connectivity index (χ1n) is 6.55. The van der Waals surface area contributed by atoms with Gasteiger partial charge in [-0.2, -0.15) is 5.26 Å². The lowest BCUT2D eigenvalue weighted by Gasteiger charge is -2.02. The Morgan fingerprint density at radius 2 is 2.09 bits per heavy atom. The minimum absolute atomic E-state index is 0.173. The molecule has 0 saturated carbocycles. The van der Waals surface area contributed by atoms with Gasteiger partial charge in [-0.05, 0) is 24.3 Å². The molecule has 0 fully saturated rings. The van der Waals surface area contributed by atoms with Crippen LogP contribution in [0.5, 0.6) is 0 Å². The van der Waals surface area contributed by atoms with Gasteiger partial charge in [-0.3, -0.25) is 4.79 Å². The third-order valence-corrected chi connectivity index (χ3v) is 4.21. The van der Waals surface area contributed by atoms with Crippen LogP contribution in [0.15, 0.2) is 48.8 Å². The van der Waals surface area contributed by atoms with Crippen molar-refractivity contribution in [3.05, 3.63) is 69.9 Å². The summed E-state index contributed by atoms with van der Waals surface area (Å²) in [5, 5.41) is 12.9. The fraction of sp³-hybridized carbons (Fsp3) is 0. The van der Waals surface area contributed by atoms with Gasteiger partial charge in [0.05, 0.1) is 16.1 Å². The minimum atomic E-state index is -0.173. The number of anilines is 2. The number of aromatic nitrogens is 2. The molecule has 7 heteroatoms. The molecule has 1 aromatic carbocycles. The number of rotatable bonds is 4. The maximum atomic E-state index is 12.4. The van der Waals surface area contributed by atoms with Crippen LogP contribution in [0, 0.1) is 11.3 Å². The minimum Gasteiger partial charge on any atom is -0.331 e. The number of hydrogen-bond donors (Lipinski definition) is 1. The van der Waals surface area contributed by atoms with Crippen LogP contribution in [0.1, 0.15) is 20.9 Å². The molecule has 1 N–H and O–H groups in total. The quantitative estimate of drug-likeness (QED) is 0.725. The maximum absolute atomic E-state index is 12.4. The van der Waals surface area contributed by atoms with Gasteiger partial charge in [-0.15, -0.1) is 0 Å². The van der Waals surface area contributed by atoms with Crippen LogP contribution in [0.25, 0.3) is 0 Å². The number of halogens is 1. The summed E-state index contributed by atoms with van der Waals surface area (Å²) >= 11 is 7.27. The summed E-state index contributed by atoms with van der Waals surface area (Å²) in [6.45, 7) is 0. The predicted molar refractivity (Wildman–Crippen MR) is 89.2 cm³/mol. The number of hydrogen-bond acceptors (Lipinski definition) is 6. The highest BCUT2D eigenvalue weighted by atomic mass is 35.5. The van der Waals surface area contributed by atoms with Crippen LogP contribution >= 0.6 is 22.9 Å². The van der Waals surface area contributed by atoms with E-state index in [9.17, 15) is 4.79 Å². The average Bonchev–Trinajstić information content (AvgIpc) is 3.03. The Hall–Kier alpha value is -2.75. The second-order valence-corrected chi connectivity index (χ2v) is 5.94. The molecule has 0 atom stereocenters. The van der Waals surface area contributed by atoms with Crippen LogP contribution in [-0.4, -0.2) is 15.8 Å². The second-order valence-electron chi connectivity index (χ2n) is 4.51. The van der Waals surface area contributed by atoms with Gasteiger partial charge in [0.25, 0.3) is 0 Å². The van der Waals surface area contributed by atoms with Gasteiger partial charge in [-0.1, -0.05) is 35.1 Å². The fourth-order valence-electron chi connectivity index (χ4n) is 1.91. The summed E-state index contributed by atoms with van der Waals surface area (Å²) in [6, 6.07) is 12.2. The molecule has 112 valence electrons. The van der Waals surface area contributed by atoms with Gasteiger partial charge in [0.1, 0.15) is 11.8 Å². The Morgan fingerprint density at radius 3 is 2.87 bits per heavy atom. The van der Waals surface area contributed by atoms with Gasteiger partial charge < -0.3 is 5.32 Å². The molecule has 0 aliphatic carbocycles. The second kappa shape index (κ2) is 6.57. The molecular weight excluding hydrogens is 332 g/mol. The van der Waals surface area contributed by atoms with Gasteiger partial charge in [-0.25, -0.2) is 9.97 Å². The first kappa shape index (κ1) is 15.2.